The van der Waals surface area contributed by atoms with Crippen LogP contribution in [0, 0.1) is 5.82 Å². The van der Waals surface area contributed by atoms with Crippen molar-refractivity contribution in [2.75, 3.05) is 25.5 Å². The first-order valence-corrected chi connectivity index (χ1v) is 14.3. The van der Waals surface area contributed by atoms with E-state index in [1.165, 1.54) is 29.5 Å². The van der Waals surface area contributed by atoms with Crippen LogP contribution >= 0.6 is 0 Å². The first kappa shape index (κ1) is 34.4. The number of benzene rings is 3. The number of nitrogens with one attached hydrogen (secondary N) is 3. The van der Waals surface area contributed by atoms with Crippen molar-refractivity contribution in [3.8, 4) is 11.4 Å². The van der Waals surface area contributed by atoms with Crippen LogP contribution in [-0.2, 0) is 11.3 Å². The summed E-state index contributed by atoms with van der Waals surface area (Å²) in [5.41, 5.74) is 10.2. The Bertz CT molecular complexity index is 1700. The summed E-state index contributed by atoms with van der Waals surface area (Å²) in [6.45, 7) is 2.28. The van der Waals surface area contributed by atoms with E-state index in [1.807, 2.05) is 12.1 Å². The highest BCUT2D eigenvalue weighted by Gasteiger charge is 2.38. The summed E-state index contributed by atoms with van der Waals surface area (Å²) in [4.78, 5) is 33.9. The second-order valence-electron chi connectivity index (χ2n) is 10.5. The average Bonchev–Trinajstić information content (AvgIpc) is 3.48. The third-order valence-corrected chi connectivity index (χ3v) is 7.29. The number of primary amides is 1. The topological polar surface area (TPSA) is 161 Å². The molecule has 6 N–H and O–H groups in total. The van der Waals surface area contributed by atoms with E-state index in [4.69, 9.17) is 20.4 Å². The fourth-order valence-corrected chi connectivity index (χ4v) is 4.91. The number of methoxy groups -OCH3 is 1. The van der Waals surface area contributed by atoms with Gasteiger partial charge in [0, 0.05) is 12.2 Å². The molecular formula is C32H32F4N6O5. The lowest BCUT2D eigenvalue weighted by molar-refractivity contribution is -0.192. The van der Waals surface area contributed by atoms with Crippen LogP contribution in [-0.4, -0.2) is 59.0 Å². The predicted octanol–water partition coefficient (Wildman–Crippen LogP) is 4.89. The van der Waals surface area contributed by atoms with Crippen LogP contribution < -0.4 is 26.4 Å². The van der Waals surface area contributed by atoms with Gasteiger partial charge in [0.1, 0.15) is 11.6 Å². The van der Waals surface area contributed by atoms with E-state index in [0.29, 0.717) is 17.3 Å². The minimum absolute atomic E-state index is 0.114. The van der Waals surface area contributed by atoms with Gasteiger partial charge in [-0.1, -0.05) is 24.3 Å². The van der Waals surface area contributed by atoms with Gasteiger partial charge in [-0.05, 0) is 85.4 Å². The average molecular weight is 657 g/mol. The van der Waals surface area contributed by atoms with Crippen molar-refractivity contribution >= 4 is 29.2 Å². The molecule has 3 aromatic carbocycles. The van der Waals surface area contributed by atoms with Gasteiger partial charge in [-0.15, -0.1) is 0 Å². The van der Waals surface area contributed by atoms with E-state index < -0.39 is 29.8 Å². The number of carboxylic acid groups (broad SMARTS) is 1. The Balaban J connectivity index is 0.000000644. The van der Waals surface area contributed by atoms with Crippen molar-refractivity contribution in [3.05, 3.63) is 101 Å². The Morgan fingerprint density at radius 1 is 1.04 bits per heavy atom. The van der Waals surface area contributed by atoms with Crippen LogP contribution in [0.3, 0.4) is 0 Å². The minimum Gasteiger partial charge on any atom is -0.496 e. The standard InChI is InChI=1S/C30H31FN6O3.C2HF3O2/c1-40-27-11-6-22(31)16-25(27)30(39)34-17-19-2-9-24(10-3-19)37-28(29(32)38)26(18-35-37)36-23-7-4-20(5-8-23)21-12-14-33-15-13-21;3-2(4,5)1(6)7/h2-11,16,18,21,33,36H,12-15,17H2,1H3,(H2,32,38)(H,34,39);(H,6,7). The number of aromatic nitrogens is 2. The summed E-state index contributed by atoms with van der Waals surface area (Å²) in [5.74, 6) is -3.51. The Kier molecular flexibility index (Phi) is 11.2. The molecule has 0 saturated carbocycles. The first-order chi connectivity index (χ1) is 22.4. The summed E-state index contributed by atoms with van der Waals surface area (Å²) >= 11 is 0. The molecule has 0 aliphatic carbocycles. The molecule has 0 radical (unpaired) electrons. The van der Waals surface area contributed by atoms with Crippen LogP contribution in [0.15, 0.2) is 72.9 Å². The third-order valence-electron chi connectivity index (χ3n) is 7.29. The quantitative estimate of drug-likeness (QED) is 0.159. The number of alkyl halides is 3. The highest BCUT2D eigenvalue weighted by molar-refractivity contribution is 5.98. The number of nitrogens with two attached hydrogens (primary N) is 1. The summed E-state index contributed by atoms with van der Waals surface area (Å²) in [6.07, 6.45) is -1.27. The third kappa shape index (κ3) is 9.07. The van der Waals surface area contributed by atoms with E-state index in [1.54, 1.807) is 30.5 Å². The van der Waals surface area contributed by atoms with Crippen LogP contribution in [0.2, 0.25) is 0 Å². The second kappa shape index (κ2) is 15.2. The molecule has 1 aliphatic rings. The SMILES string of the molecule is COc1ccc(F)cc1C(=O)NCc1ccc(-n2ncc(Nc3ccc(C4CCNCC4)cc3)c2C(N)=O)cc1.O=C(O)C(F)(F)F. The van der Waals surface area contributed by atoms with Crippen molar-refractivity contribution in [1.29, 1.82) is 0 Å². The molecule has 1 fully saturated rings. The summed E-state index contributed by atoms with van der Waals surface area (Å²) < 4.78 is 52.0. The van der Waals surface area contributed by atoms with Gasteiger partial charge in [0.05, 0.1) is 30.2 Å². The summed E-state index contributed by atoms with van der Waals surface area (Å²) in [5, 5.41) is 20.9. The zero-order valence-electron chi connectivity index (χ0n) is 25.1. The molecule has 0 atom stereocenters. The number of halogens is 4. The van der Waals surface area contributed by atoms with Gasteiger partial charge in [-0.3, -0.25) is 9.59 Å². The van der Waals surface area contributed by atoms with Crippen molar-refractivity contribution in [2.24, 2.45) is 5.73 Å². The fourth-order valence-electron chi connectivity index (χ4n) is 4.91. The maximum atomic E-state index is 13.6. The maximum absolute atomic E-state index is 13.6. The normalized spacial score (nSPS) is 13.2. The zero-order valence-corrected chi connectivity index (χ0v) is 25.1. The number of hydrogen-bond acceptors (Lipinski definition) is 7. The number of piperidine rings is 1. The smallest absolute Gasteiger partial charge is 0.490 e. The molecule has 47 heavy (non-hydrogen) atoms. The first-order valence-electron chi connectivity index (χ1n) is 14.3. The van der Waals surface area contributed by atoms with Gasteiger partial charge in [-0.25, -0.2) is 13.9 Å². The number of amides is 2. The fraction of sp³-hybridized carbons (Fsp3) is 0.250. The molecule has 1 aromatic heterocycles. The number of carboxylic acids is 1. The van der Waals surface area contributed by atoms with Gasteiger partial charge >= 0.3 is 12.1 Å². The molecule has 0 spiro atoms. The lowest BCUT2D eigenvalue weighted by atomic mass is 9.90. The Morgan fingerprint density at radius 3 is 2.26 bits per heavy atom. The lowest BCUT2D eigenvalue weighted by Gasteiger charge is -2.23. The van der Waals surface area contributed by atoms with E-state index in [-0.39, 0.29) is 23.6 Å². The van der Waals surface area contributed by atoms with E-state index in [9.17, 15) is 27.2 Å². The summed E-state index contributed by atoms with van der Waals surface area (Å²) in [6, 6.07) is 19.2. The molecule has 4 aromatic rings. The number of aliphatic carboxylic acids is 1. The number of rotatable bonds is 9. The number of hydrogen-bond donors (Lipinski definition) is 5. The number of carbonyl (C=O) groups is 3. The maximum Gasteiger partial charge on any atom is 0.490 e. The molecule has 248 valence electrons. The molecule has 0 unspecified atom stereocenters. The number of carbonyl (C=O) groups excluding carboxylic acids is 2. The largest absolute Gasteiger partial charge is 0.496 e. The molecular weight excluding hydrogens is 624 g/mol. The number of ether oxygens (including phenoxy) is 1. The van der Waals surface area contributed by atoms with Crippen LogP contribution in [0.1, 0.15) is 50.7 Å². The lowest BCUT2D eigenvalue weighted by Crippen LogP contribution is -2.26. The van der Waals surface area contributed by atoms with Crippen LogP contribution in [0.5, 0.6) is 5.75 Å². The minimum atomic E-state index is -5.08. The molecule has 1 aliphatic heterocycles. The van der Waals surface area contributed by atoms with E-state index in [0.717, 1.165) is 43.2 Å². The predicted molar refractivity (Wildman–Crippen MR) is 164 cm³/mol. The number of nitrogens with zero attached hydrogens (tertiary/aromatic N) is 2. The van der Waals surface area contributed by atoms with Crippen molar-refractivity contribution < 1.29 is 41.8 Å². The second-order valence-corrected chi connectivity index (χ2v) is 10.5. The molecule has 11 nitrogen and oxygen atoms in total. The van der Waals surface area contributed by atoms with E-state index in [2.05, 4.69) is 33.2 Å². The molecule has 2 heterocycles. The number of anilines is 2. The van der Waals surface area contributed by atoms with Gasteiger partial charge in [0.25, 0.3) is 11.8 Å². The van der Waals surface area contributed by atoms with Crippen LogP contribution in [0.4, 0.5) is 28.9 Å². The molecule has 15 heteroatoms. The van der Waals surface area contributed by atoms with E-state index >= 15 is 0 Å². The van der Waals surface area contributed by atoms with Gasteiger partial charge in [0.2, 0.25) is 0 Å². The van der Waals surface area contributed by atoms with Crippen LogP contribution in [0.25, 0.3) is 5.69 Å². The molecule has 5 rings (SSSR count). The van der Waals surface area contributed by atoms with Crippen molar-refractivity contribution in [1.82, 2.24) is 20.4 Å². The van der Waals surface area contributed by atoms with Gasteiger partial charge in [0.15, 0.2) is 5.69 Å². The highest BCUT2D eigenvalue weighted by atomic mass is 19.4. The van der Waals surface area contributed by atoms with Gasteiger partial charge in [-0.2, -0.15) is 18.3 Å². The van der Waals surface area contributed by atoms with Crippen molar-refractivity contribution in [3.63, 3.8) is 0 Å². The molecule has 2 amide bonds. The molecule has 1 saturated heterocycles. The van der Waals surface area contributed by atoms with Crippen molar-refractivity contribution in [2.45, 2.75) is 31.5 Å². The highest BCUT2D eigenvalue weighted by Crippen LogP contribution is 2.28. The monoisotopic (exact) mass is 656 g/mol. The Labute approximate surface area is 266 Å². The Morgan fingerprint density at radius 2 is 1.68 bits per heavy atom. The Hall–Kier alpha value is -5.44. The molecule has 0 bridgehead atoms. The zero-order chi connectivity index (χ0) is 34.1. The summed E-state index contributed by atoms with van der Waals surface area (Å²) in [7, 11) is 1.42. The van der Waals surface area contributed by atoms with Gasteiger partial charge < -0.3 is 31.5 Å².